The molecule has 0 radical (unpaired) electrons. The van der Waals surface area contributed by atoms with Crippen LogP contribution in [0.1, 0.15) is 30.5 Å². The largest absolute Gasteiger partial charge is 0.484 e. The lowest BCUT2D eigenvalue weighted by Crippen LogP contribution is -2.42. The molecule has 0 saturated carbocycles. The third kappa shape index (κ3) is 4.36. The summed E-state index contributed by atoms with van der Waals surface area (Å²) in [5.74, 6) is -0.577. The summed E-state index contributed by atoms with van der Waals surface area (Å²) in [6.07, 6.45) is 4.30. The van der Waals surface area contributed by atoms with Crippen LogP contribution in [0.5, 0.6) is 0 Å². The smallest absolute Gasteiger partial charge is 0.286 e. The van der Waals surface area contributed by atoms with Crippen LogP contribution in [0.4, 0.5) is 4.39 Å². The molecular formula is C20H24ClFN4O2. The van der Waals surface area contributed by atoms with Crippen molar-refractivity contribution in [1.82, 2.24) is 15.1 Å². The maximum atomic E-state index is 13.4. The van der Waals surface area contributed by atoms with Gasteiger partial charge in [0, 0.05) is 19.6 Å². The fourth-order valence-corrected chi connectivity index (χ4v) is 3.75. The summed E-state index contributed by atoms with van der Waals surface area (Å²) in [5, 5.41) is 7.59. The zero-order valence-corrected chi connectivity index (χ0v) is 16.6. The normalized spacial score (nSPS) is 19.8. The average molecular weight is 407 g/mol. The van der Waals surface area contributed by atoms with Crippen LogP contribution in [-0.2, 0) is 23.0 Å². The molecule has 1 aliphatic heterocycles. The lowest BCUT2D eigenvalue weighted by Gasteiger charge is -2.19. The van der Waals surface area contributed by atoms with E-state index in [0.717, 1.165) is 11.3 Å². The SMILES string of the molecule is CCC1OC(C(=O)N[C@H](CN)Cc2cccc(F)c2)=CC1c1c(Cl)cnn1C. The molecule has 0 spiro atoms. The Balaban J connectivity index is 1.73. The fourth-order valence-electron chi connectivity index (χ4n) is 3.46. The van der Waals surface area contributed by atoms with Gasteiger partial charge in [0.15, 0.2) is 5.76 Å². The Kier molecular flexibility index (Phi) is 6.36. The molecule has 2 aromatic rings. The number of carbonyl (C=O) groups is 1. The predicted octanol–water partition coefficient (Wildman–Crippen LogP) is 2.68. The summed E-state index contributed by atoms with van der Waals surface area (Å²) < 4.78 is 21.0. The molecule has 1 aromatic carbocycles. The van der Waals surface area contributed by atoms with Crippen molar-refractivity contribution >= 4 is 17.5 Å². The Hall–Kier alpha value is -2.38. The van der Waals surface area contributed by atoms with E-state index in [-0.39, 0.29) is 42.1 Å². The number of ether oxygens (including phenoxy) is 1. The Labute approximate surface area is 168 Å². The third-order valence-corrected chi connectivity index (χ3v) is 5.17. The van der Waals surface area contributed by atoms with E-state index in [1.165, 1.54) is 12.1 Å². The number of amides is 1. The van der Waals surface area contributed by atoms with Crippen molar-refractivity contribution in [2.45, 2.75) is 37.8 Å². The number of hydrogen-bond donors (Lipinski definition) is 2. The van der Waals surface area contributed by atoms with E-state index in [4.69, 9.17) is 22.1 Å². The first kappa shape index (κ1) is 20.4. The van der Waals surface area contributed by atoms with Crippen molar-refractivity contribution in [3.63, 3.8) is 0 Å². The van der Waals surface area contributed by atoms with Crippen LogP contribution in [0.25, 0.3) is 0 Å². The van der Waals surface area contributed by atoms with Gasteiger partial charge in [-0.2, -0.15) is 5.10 Å². The van der Waals surface area contributed by atoms with E-state index in [1.54, 1.807) is 29.1 Å². The second-order valence-corrected chi connectivity index (χ2v) is 7.27. The van der Waals surface area contributed by atoms with E-state index >= 15 is 0 Å². The molecule has 0 bridgehead atoms. The van der Waals surface area contributed by atoms with E-state index in [1.807, 2.05) is 14.0 Å². The molecule has 0 aliphatic carbocycles. The second kappa shape index (κ2) is 8.75. The van der Waals surface area contributed by atoms with Gasteiger partial charge in [0.1, 0.15) is 11.9 Å². The van der Waals surface area contributed by atoms with E-state index in [0.29, 0.717) is 17.9 Å². The van der Waals surface area contributed by atoms with Gasteiger partial charge in [-0.25, -0.2) is 4.39 Å². The van der Waals surface area contributed by atoms with Crippen LogP contribution in [0.15, 0.2) is 42.3 Å². The zero-order chi connectivity index (χ0) is 20.3. The Bertz CT molecular complexity index is 863. The number of nitrogens with two attached hydrogens (primary N) is 1. The van der Waals surface area contributed by atoms with Crippen LogP contribution in [0.2, 0.25) is 5.02 Å². The highest BCUT2D eigenvalue weighted by atomic mass is 35.5. The van der Waals surface area contributed by atoms with Crippen LogP contribution in [0.3, 0.4) is 0 Å². The van der Waals surface area contributed by atoms with E-state index < -0.39 is 0 Å². The molecule has 0 saturated heterocycles. The molecular weight excluding hydrogens is 383 g/mol. The molecule has 1 aliphatic rings. The number of hydrogen-bond acceptors (Lipinski definition) is 4. The van der Waals surface area contributed by atoms with Crippen molar-refractivity contribution in [1.29, 1.82) is 0 Å². The van der Waals surface area contributed by atoms with Crippen LogP contribution in [-0.4, -0.2) is 34.4 Å². The highest BCUT2D eigenvalue weighted by Gasteiger charge is 2.35. The minimum absolute atomic E-state index is 0.162. The van der Waals surface area contributed by atoms with E-state index in [9.17, 15) is 9.18 Å². The molecule has 2 heterocycles. The summed E-state index contributed by atoms with van der Waals surface area (Å²) in [6, 6.07) is 5.92. The van der Waals surface area contributed by atoms with Gasteiger partial charge in [-0.3, -0.25) is 9.48 Å². The topological polar surface area (TPSA) is 82.2 Å². The highest BCUT2D eigenvalue weighted by Crippen LogP contribution is 2.37. The lowest BCUT2D eigenvalue weighted by atomic mass is 9.97. The standard InChI is InChI=1S/C20H24ClFN4O2/c1-3-17-15(19-16(21)11-24-26(19)2)9-18(28-17)20(27)25-14(10-23)8-12-5-4-6-13(22)7-12/h4-7,9,11,14-15,17H,3,8,10,23H2,1-2H3,(H,25,27)/t14-,15?,17?/m0/s1. The molecule has 28 heavy (non-hydrogen) atoms. The number of rotatable bonds is 7. The van der Waals surface area contributed by atoms with Gasteiger partial charge >= 0.3 is 0 Å². The second-order valence-electron chi connectivity index (χ2n) is 6.86. The van der Waals surface area contributed by atoms with Gasteiger partial charge in [-0.05, 0) is 36.6 Å². The monoisotopic (exact) mass is 406 g/mol. The average Bonchev–Trinajstić information content (AvgIpc) is 3.23. The maximum Gasteiger partial charge on any atom is 0.286 e. The third-order valence-electron chi connectivity index (χ3n) is 4.88. The number of nitrogens with one attached hydrogen (secondary N) is 1. The molecule has 2 unspecified atom stereocenters. The first-order valence-electron chi connectivity index (χ1n) is 9.24. The van der Waals surface area contributed by atoms with Gasteiger partial charge in [-0.1, -0.05) is 30.7 Å². The van der Waals surface area contributed by atoms with Gasteiger partial charge in [0.25, 0.3) is 5.91 Å². The summed E-state index contributed by atoms with van der Waals surface area (Å²) >= 11 is 6.27. The molecule has 1 aromatic heterocycles. The molecule has 3 atom stereocenters. The van der Waals surface area contributed by atoms with Crippen LogP contribution in [0, 0.1) is 5.82 Å². The number of aryl methyl sites for hydroxylation is 1. The first-order chi connectivity index (χ1) is 13.4. The maximum absolute atomic E-state index is 13.4. The first-order valence-corrected chi connectivity index (χ1v) is 9.62. The Morgan fingerprint density at radius 3 is 2.89 bits per heavy atom. The lowest BCUT2D eigenvalue weighted by molar-refractivity contribution is -0.122. The van der Waals surface area contributed by atoms with Crippen LogP contribution < -0.4 is 11.1 Å². The summed E-state index contributed by atoms with van der Waals surface area (Å²) in [7, 11) is 1.81. The van der Waals surface area contributed by atoms with Crippen molar-refractivity contribution < 1.29 is 13.9 Å². The number of halogens is 2. The summed E-state index contributed by atoms with van der Waals surface area (Å²) in [6.45, 7) is 2.22. The van der Waals surface area contributed by atoms with Crippen molar-refractivity contribution in [2.24, 2.45) is 12.8 Å². The Morgan fingerprint density at radius 1 is 1.50 bits per heavy atom. The van der Waals surface area contributed by atoms with Crippen molar-refractivity contribution in [3.8, 4) is 0 Å². The summed E-state index contributed by atoms with van der Waals surface area (Å²) in [5.41, 5.74) is 7.38. The molecule has 8 heteroatoms. The van der Waals surface area contributed by atoms with Crippen molar-refractivity contribution in [3.05, 3.63) is 64.4 Å². The van der Waals surface area contributed by atoms with Gasteiger partial charge in [0.05, 0.1) is 22.8 Å². The molecule has 3 N–H and O–H groups in total. The van der Waals surface area contributed by atoms with E-state index in [2.05, 4.69) is 10.4 Å². The summed E-state index contributed by atoms with van der Waals surface area (Å²) in [4.78, 5) is 12.7. The quantitative estimate of drug-likeness (QED) is 0.740. The van der Waals surface area contributed by atoms with Gasteiger partial charge < -0.3 is 15.8 Å². The number of carbonyl (C=O) groups excluding carboxylic acids is 1. The predicted molar refractivity (Wildman–Crippen MR) is 105 cm³/mol. The minimum Gasteiger partial charge on any atom is -0.484 e. The molecule has 3 rings (SSSR count). The van der Waals surface area contributed by atoms with Gasteiger partial charge in [0.2, 0.25) is 0 Å². The fraction of sp³-hybridized carbons (Fsp3) is 0.400. The van der Waals surface area contributed by atoms with Gasteiger partial charge in [-0.15, -0.1) is 0 Å². The number of nitrogens with zero attached hydrogens (tertiary/aromatic N) is 2. The Morgan fingerprint density at radius 2 is 2.29 bits per heavy atom. The molecule has 0 fully saturated rings. The molecule has 1 amide bonds. The number of benzene rings is 1. The highest BCUT2D eigenvalue weighted by molar-refractivity contribution is 6.31. The number of aromatic nitrogens is 2. The zero-order valence-electron chi connectivity index (χ0n) is 15.9. The van der Waals surface area contributed by atoms with Crippen LogP contribution >= 0.6 is 11.6 Å². The molecule has 6 nitrogen and oxygen atoms in total. The van der Waals surface area contributed by atoms with Crippen molar-refractivity contribution in [2.75, 3.05) is 6.54 Å². The minimum atomic E-state index is -0.342. The molecule has 150 valence electrons.